The summed E-state index contributed by atoms with van der Waals surface area (Å²) in [6.07, 6.45) is 0. The van der Waals surface area contributed by atoms with Crippen molar-refractivity contribution < 1.29 is 14.7 Å². The van der Waals surface area contributed by atoms with E-state index in [0.29, 0.717) is 5.56 Å². The van der Waals surface area contributed by atoms with Crippen LogP contribution in [0.2, 0.25) is 0 Å². The van der Waals surface area contributed by atoms with Crippen LogP contribution in [0.3, 0.4) is 0 Å². The van der Waals surface area contributed by atoms with Crippen LogP contribution in [-0.4, -0.2) is 16.9 Å². The van der Waals surface area contributed by atoms with Crippen molar-refractivity contribution in [3.63, 3.8) is 0 Å². The van der Waals surface area contributed by atoms with Crippen molar-refractivity contribution in [1.82, 2.24) is 0 Å². The minimum atomic E-state index is -1.06. The highest BCUT2D eigenvalue weighted by Gasteiger charge is 2.30. The topological polar surface area (TPSA) is 54.4 Å². The lowest BCUT2D eigenvalue weighted by Gasteiger charge is -2.15. The van der Waals surface area contributed by atoms with Gasteiger partial charge in [-0.05, 0) is 22.8 Å². The molecule has 0 saturated heterocycles. The van der Waals surface area contributed by atoms with Gasteiger partial charge in [0.1, 0.15) is 5.92 Å². The van der Waals surface area contributed by atoms with Gasteiger partial charge in [-0.25, -0.2) is 0 Å². The number of carboxylic acids is 1. The van der Waals surface area contributed by atoms with Crippen LogP contribution >= 0.6 is 0 Å². The van der Waals surface area contributed by atoms with Crippen LogP contribution in [0, 0.1) is 11.8 Å². The molecule has 2 rings (SSSR count). The van der Waals surface area contributed by atoms with Gasteiger partial charge < -0.3 is 5.11 Å². The highest BCUT2D eigenvalue weighted by atomic mass is 16.4. The second-order valence-electron chi connectivity index (χ2n) is 4.99. The van der Waals surface area contributed by atoms with E-state index in [1.54, 1.807) is 26.0 Å². The number of fused-ring (bicyclic) bond motifs is 1. The summed E-state index contributed by atoms with van der Waals surface area (Å²) in [7, 11) is 0. The molecule has 0 fully saturated rings. The maximum Gasteiger partial charge on any atom is 0.314 e. The molecule has 0 radical (unpaired) electrons. The predicted molar refractivity (Wildman–Crippen MR) is 74.2 cm³/mol. The Morgan fingerprint density at radius 1 is 1.00 bits per heavy atom. The third kappa shape index (κ3) is 2.65. The highest BCUT2D eigenvalue weighted by molar-refractivity contribution is 6.09. The molecule has 19 heavy (non-hydrogen) atoms. The molecule has 1 unspecified atom stereocenters. The Balaban J connectivity index is 2.43. The molecule has 0 heterocycles. The number of ketones is 1. The van der Waals surface area contributed by atoms with E-state index < -0.39 is 11.9 Å². The van der Waals surface area contributed by atoms with E-state index in [9.17, 15) is 9.59 Å². The SMILES string of the molecule is CC(C)C(C(=O)O)C(=O)c1ccc2ccccc2c1. The molecule has 0 aliphatic carbocycles. The molecule has 1 N–H and O–H groups in total. The number of hydrogen-bond acceptors (Lipinski definition) is 2. The molecule has 3 heteroatoms. The van der Waals surface area contributed by atoms with Crippen molar-refractivity contribution in [3.8, 4) is 0 Å². The van der Waals surface area contributed by atoms with Gasteiger partial charge in [0.15, 0.2) is 5.78 Å². The van der Waals surface area contributed by atoms with Crippen LogP contribution in [0.15, 0.2) is 42.5 Å². The smallest absolute Gasteiger partial charge is 0.314 e. The molecular formula is C16H16O3. The first-order chi connectivity index (χ1) is 9.00. The van der Waals surface area contributed by atoms with Gasteiger partial charge in [-0.15, -0.1) is 0 Å². The Kier molecular flexibility index (Phi) is 3.65. The number of hydrogen-bond donors (Lipinski definition) is 1. The number of carbonyl (C=O) groups is 2. The van der Waals surface area contributed by atoms with E-state index >= 15 is 0 Å². The molecule has 0 bridgehead atoms. The van der Waals surface area contributed by atoms with Crippen molar-refractivity contribution in [2.75, 3.05) is 0 Å². The molecule has 3 nitrogen and oxygen atoms in total. The summed E-state index contributed by atoms with van der Waals surface area (Å²) >= 11 is 0. The third-order valence-corrected chi connectivity index (χ3v) is 3.25. The minimum Gasteiger partial charge on any atom is -0.481 e. The van der Waals surface area contributed by atoms with Gasteiger partial charge in [0, 0.05) is 5.56 Å². The summed E-state index contributed by atoms with van der Waals surface area (Å²) < 4.78 is 0. The van der Waals surface area contributed by atoms with Crippen molar-refractivity contribution in [2.45, 2.75) is 13.8 Å². The zero-order valence-corrected chi connectivity index (χ0v) is 11.0. The summed E-state index contributed by atoms with van der Waals surface area (Å²) in [6.45, 7) is 3.50. The minimum absolute atomic E-state index is 0.225. The number of carboxylic acid groups (broad SMARTS) is 1. The first-order valence-corrected chi connectivity index (χ1v) is 6.26. The van der Waals surface area contributed by atoms with Gasteiger partial charge in [0.25, 0.3) is 0 Å². The van der Waals surface area contributed by atoms with Crippen LogP contribution < -0.4 is 0 Å². The van der Waals surface area contributed by atoms with E-state index in [4.69, 9.17) is 5.11 Å². The Bertz CT molecular complexity index is 629. The Labute approximate surface area is 111 Å². The summed E-state index contributed by atoms with van der Waals surface area (Å²) in [6, 6.07) is 13.0. The lowest BCUT2D eigenvalue weighted by molar-refractivity contribution is -0.141. The van der Waals surface area contributed by atoms with E-state index in [0.717, 1.165) is 10.8 Å². The highest BCUT2D eigenvalue weighted by Crippen LogP contribution is 2.21. The largest absolute Gasteiger partial charge is 0.481 e. The van der Waals surface area contributed by atoms with Gasteiger partial charge >= 0.3 is 5.97 Å². The van der Waals surface area contributed by atoms with E-state index in [1.165, 1.54) is 0 Å². The normalized spacial score (nSPS) is 12.6. The second kappa shape index (κ2) is 5.22. The molecule has 0 aliphatic rings. The fraction of sp³-hybridized carbons (Fsp3) is 0.250. The average Bonchev–Trinajstić information content (AvgIpc) is 2.37. The molecule has 98 valence electrons. The number of rotatable bonds is 4. The standard InChI is InChI=1S/C16H16O3/c1-10(2)14(16(18)19)15(17)13-8-7-11-5-3-4-6-12(11)9-13/h3-10,14H,1-2H3,(H,18,19). The zero-order valence-electron chi connectivity index (χ0n) is 11.0. The Morgan fingerprint density at radius 2 is 1.63 bits per heavy atom. The lowest BCUT2D eigenvalue weighted by atomic mass is 9.87. The van der Waals surface area contributed by atoms with Crippen LogP contribution in [0.5, 0.6) is 0 Å². The van der Waals surface area contributed by atoms with Crippen molar-refractivity contribution >= 4 is 22.5 Å². The summed E-state index contributed by atoms with van der Waals surface area (Å²) in [5.74, 6) is -2.60. The number of aliphatic carboxylic acids is 1. The number of benzene rings is 2. The van der Waals surface area contributed by atoms with E-state index in [2.05, 4.69) is 0 Å². The van der Waals surface area contributed by atoms with Gasteiger partial charge in [-0.1, -0.05) is 50.2 Å². The predicted octanol–water partition coefficient (Wildman–Crippen LogP) is 3.38. The van der Waals surface area contributed by atoms with Crippen LogP contribution in [0.25, 0.3) is 10.8 Å². The third-order valence-electron chi connectivity index (χ3n) is 3.25. The van der Waals surface area contributed by atoms with Crippen LogP contribution in [0.4, 0.5) is 0 Å². The fourth-order valence-corrected chi connectivity index (χ4v) is 2.22. The first-order valence-electron chi connectivity index (χ1n) is 6.26. The summed E-state index contributed by atoms with van der Waals surface area (Å²) in [5, 5.41) is 11.2. The maximum atomic E-state index is 12.3. The second-order valence-corrected chi connectivity index (χ2v) is 4.99. The van der Waals surface area contributed by atoms with Crippen LogP contribution in [-0.2, 0) is 4.79 Å². The van der Waals surface area contributed by atoms with Crippen molar-refractivity contribution in [3.05, 3.63) is 48.0 Å². The molecule has 0 saturated carbocycles. The van der Waals surface area contributed by atoms with Crippen LogP contribution in [0.1, 0.15) is 24.2 Å². The van der Waals surface area contributed by atoms with Gasteiger partial charge in [0.05, 0.1) is 0 Å². The summed E-state index contributed by atoms with van der Waals surface area (Å²) in [5.41, 5.74) is 0.458. The fourth-order valence-electron chi connectivity index (χ4n) is 2.22. The molecule has 0 amide bonds. The Hall–Kier alpha value is -2.16. The van der Waals surface area contributed by atoms with Gasteiger partial charge in [-0.3, -0.25) is 9.59 Å². The quantitative estimate of drug-likeness (QED) is 0.674. The molecular weight excluding hydrogens is 240 g/mol. The van der Waals surface area contributed by atoms with Crippen molar-refractivity contribution in [2.24, 2.45) is 11.8 Å². The molecule has 1 atom stereocenters. The van der Waals surface area contributed by atoms with Crippen molar-refractivity contribution in [1.29, 1.82) is 0 Å². The van der Waals surface area contributed by atoms with Gasteiger partial charge in [0.2, 0.25) is 0 Å². The molecule has 0 spiro atoms. The number of Topliss-reactive ketones (excluding diaryl/α,β-unsaturated/α-hetero) is 1. The monoisotopic (exact) mass is 256 g/mol. The zero-order chi connectivity index (χ0) is 14.0. The lowest BCUT2D eigenvalue weighted by Crippen LogP contribution is -2.28. The first kappa shape index (κ1) is 13.3. The molecule has 2 aromatic rings. The van der Waals surface area contributed by atoms with E-state index in [1.807, 2.05) is 30.3 Å². The Morgan fingerprint density at radius 3 is 2.21 bits per heavy atom. The molecule has 0 aliphatic heterocycles. The maximum absolute atomic E-state index is 12.3. The molecule has 0 aromatic heterocycles. The number of carbonyl (C=O) groups excluding carboxylic acids is 1. The van der Waals surface area contributed by atoms with E-state index in [-0.39, 0.29) is 11.7 Å². The average molecular weight is 256 g/mol. The molecule has 2 aromatic carbocycles. The van der Waals surface area contributed by atoms with Gasteiger partial charge in [-0.2, -0.15) is 0 Å². The summed E-state index contributed by atoms with van der Waals surface area (Å²) in [4.78, 5) is 23.5.